The zero-order chi connectivity index (χ0) is 11.9. The normalized spacial score (nSPS) is 22.7. The van der Waals surface area contributed by atoms with Crippen LogP contribution in [-0.4, -0.2) is 48.3 Å². The number of unbranched alkanes of at least 4 members (excludes halogenated alkanes) is 2. The first kappa shape index (κ1) is 13.9. The molecule has 1 fully saturated rings. The molecule has 3 nitrogen and oxygen atoms in total. The number of aliphatic hydroxyl groups excluding tert-OH is 1. The fourth-order valence-corrected chi connectivity index (χ4v) is 2.48. The zero-order valence-electron chi connectivity index (χ0n) is 11.0. The highest BCUT2D eigenvalue weighted by Gasteiger charge is 2.30. The minimum Gasteiger partial charge on any atom is -0.394 e. The summed E-state index contributed by atoms with van der Waals surface area (Å²) < 4.78 is 0. The molecule has 0 saturated carbocycles. The van der Waals surface area contributed by atoms with Gasteiger partial charge in [-0.2, -0.15) is 0 Å². The molecular weight excluding hydrogens is 200 g/mol. The molecule has 1 heterocycles. The van der Waals surface area contributed by atoms with E-state index in [1.165, 1.54) is 25.7 Å². The molecule has 0 aromatic heterocycles. The largest absolute Gasteiger partial charge is 0.394 e. The van der Waals surface area contributed by atoms with Crippen LogP contribution in [0.5, 0.6) is 0 Å². The predicted octanol–water partition coefficient (Wildman–Crippen LogP) is 1.61. The van der Waals surface area contributed by atoms with Crippen molar-refractivity contribution in [2.75, 3.05) is 32.8 Å². The van der Waals surface area contributed by atoms with Crippen LogP contribution < -0.4 is 5.32 Å². The van der Waals surface area contributed by atoms with E-state index in [-0.39, 0.29) is 12.1 Å². The molecule has 2 N–H and O–H groups in total. The first-order chi connectivity index (χ1) is 7.73. The van der Waals surface area contributed by atoms with Gasteiger partial charge in [-0.05, 0) is 26.3 Å². The molecule has 0 amide bonds. The van der Waals surface area contributed by atoms with E-state index in [0.717, 1.165) is 32.6 Å². The Morgan fingerprint density at radius 3 is 2.75 bits per heavy atom. The summed E-state index contributed by atoms with van der Waals surface area (Å²) in [7, 11) is 0. The minimum absolute atomic E-state index is 0.00118. The monoisotopic (exact) mass is 228 g/mol. The Labute approximate surface area is 100 Å². The highest BCUT2D eigenvalue weighted by molar-refractivity contribution is 4.87. The molecule has 16 heavy (non-hydrogen) atoms. The molecule has 96 valence electrons. The van der Waals surface area contributed by atoms with Gasteiger partial charge in [-0.15, -0.1) is 0 Å². The van der Waals surface area contributed by atoms with Crippen LogP contribution in [0, 0.1) is 0 Å². The van der Waals surface area contributed by atoms with Crippen molar-refractivity contribution in [3.05, 3.63) is 0 Å². The van der Waals surface area contributed by atoms with Crippen molar-refractivity contribution >= 4 is 0 Å². The van der Waals surface area contributed by atoms with Gasteiger partial charge in [0.2, 0.25) is 0 Å². The van der Waals surface area contributed by atoms with Gasteiger partial charge < -0.3 is 10.4 Å². The van der Waals surface area contributed by atoms with Gasteiger partial charge in [0, 0.05) is 25.2 Å². The fourth-order valence-electron chi connectivity index (χ4n) is 2.48. The molecule has 1 rings (SSSR count). The maximum Gasteiger partial charge on any atom is 0.0612 e. The number of rotatable bonds is 6. The summed E-state index contributed by atoms with van der Waals surface area (Å²) in [6, 6.07) is 0. The van der Waals surface area contributed by atoms with E-state index in [0.29, 0.717) is 0 Å². The van der Waals surface area contributed by atoms with Gasteiger partial charge in [0.25, 0.3) is 0 Å². The quantitative estimate of drug-likeness (QED) is 0.678. The lowest BCUT2D eigenvalue weighted by Gasteiger charge is -2.39. The van der Waals surface area contributed by atoms with Crippen LogP contribution in [0.3, 0.4) is 0 Å². The summed E-state index contributed by atoms with van der Waals surface area (Å²) in [4.78, 5) is 2.47. The third kappa shape index (κ3) is 4.04. The van der Waals surface area contributed by atoms with E-state index >= 15 is 0 Å². The average molecular weight is 228 g/mol. The molecule has 1 saturated heterocycles. The van der Waals surface area contributed by atoms with Crippen LogP contribution in [0.15, 0.2) is 0 Å². The second-order valence-electron chi connectivity index (χ2n) is 5.20. The van der Waals surface area contributed by atoms with Crippen LogP contribution in [0.4, 0.5) is 0 Å². The van der Waals surface area contributed by atoms with Gasteiger partial charge in [-0.1, -0.05) is 26.2 Å². The summed E-state index contributed by atoms with van der Waals surface area (Å²) in [5, 5.41) is 13.1. The molecule has 1 atom stereocenters. The van der Waals surface area contributed by atoms with Gasteiger partial charge in [-0.3, -0.25) is 4.90 Å². The number of aliphatic hydroxyl groups is 1. The molecular formula is C13H28N2O. The van der Waals surface area contributed by atoms with Crippen molar-refractivity contribution in [1.29, 1.82) is 0 Å². The fraction of sp³-hybridized carbons (Fsp3) is 1.00. The summed E-state index contributed by atoms with van der Waals surface area (Å²) in [5.41, 5.74) is 0.00118. The standard InChI is InChI=1S/C13H28N2O/c1-3-4-5-7-13(2,12-16)15-10-6-8-14-9-11-15/h14,16H,3-12H2,1-2H3. The van der Waals surface area contributed by atoms with E-state index in [2.05, 4.69) is 24.1 Å². The van der Waals surface area contributed by atoms with Gasteiger partial charge in [0.1, 0.15) is 0 Å². The van der Waals surface area contributed by atoms with Crippen molar-refractivity contribution in [3.63, 3.8) is 0 Å². The van der Waals surface area contributed by atoms with E-state index in [9.17, 15) is 5.11 Å². The summed E-state index contributed by atoms with van der Waals surface area (Å²) >= 11 is 0. The molecule has 1 aliphatic heterocycles. The van der Waals surface area contributed by atoms with Crippen LogP contribution in [0.2, 0.25) is 0 Å². The number of hydrogen-bond acceptors (Lipinski definition) is 3. The van der Waals surface area contributed by atoms with E-state index in [4.69, 9.17) is 0 Å². The number of hydrogen-bond donors (Lipinski definition) is 2. The Hall–Kier alpha value is -0.120. The van der Waals surface area contributed by atoms with Crippen molar-refractivity contribution in [1.82, 2.24) is 10.2 Å². The summed E-state index contributed by atoms with van der Waals surface area (Å²) in [5.74, 6) is 0. The third-order valence-electron chi connectivity index (χ3n) is 3.76. The number of nitrogens with one attached hydrogen (secondary N) is 1. The summed E-state index contributed by atoms with van der Waals surface area (Å²) in [6.07, 6.45) is 6.09. The van der Waals surface area contributed by atoms with Gasteiger partial charge in [0.05, 0.1) is 6.61 Å². The Balaban J connectivity index is 2.47. The molecule has 0 bridgehead atoms. The number of nitrogens with zero attached hydrogens (tertiary/aromatic N) is 1. The van der Waals surface area contributed by atoms with E-state index in [1.54, 1.807) is 0 Å². The van der Waals surface area contributed by atoms with Crippen LogP contribution >= 0.6 is 0 Å². The van der Waals surface area contributed by atoms with Crippen molar-refractivity contribution in [3.8, 4) is 0 Å². The second kappa shape index (κ2) is 7.25. The topological polar surface area (TPSA) is 35.5 Å². The van der Waals surface area contributed by atoms with Crippen molar-refractivity contribution in [2.24, 2.45) is 0 Å². The molecule has 1 aliphatic rings. The Morgan fingerprint density at radius 2 is 2.06 bits per heavy atom. The molecule has 3 heteroatoms. The predicted molar refractivity (Wildman–Crippen MR) is 68.7 cm³/mol. The highest BCUT2D eigenvalue weighted by atomic mass is 16.3. The maximum absolute atomic E-state index is 9.67. The van der Waals surface area contributed by atoms with Gasteiger partial charge >= 0.3 is 0 Å². The average Bonchev–Trinajstić information content (AvgIpc) is 2.58. The first-order valence-corrected chi connectivity index (χ1v) is 6.79. The molecule has 1 unspecified atom stereocenters. The molecule has 0 aromatic carbocycles. The molecule has 0 aliphatic carbocycles. The molecule has 0 radical (unpaired) electrons. The lowest BCUT2D eigenvalue weighted by molar-refractivity contribution is 0.0389. The van der Waals surface area contributed by atoms with Crippen molar-refractivity contribution < 1.29 is 5.11 Å². The Morgan fingerprint density at radius 1 is 1.25 bits per heavy atom. The lowest BCUT2D eigenvalue weighted by Crippen LogP contribution is -2.50. The zero-order valence-corrected chi connectivity index (χ0v) is 11.0. The van der Waals surface area contributed by atoms with Gasteiger partial charge in [0.15, 0.2) is 0 Å². The van der Waals surface area contributed by atoms with Crippen molar-refractivity contribution in [2.45, 2.75) is 51.5 Å². The highest BCUT2D eigenvalue weighted by Crippen LogP contribution is 2.23. The third-order valence-corrected chi connectivity index (χ3v) is 3.76. The van der Waals surface area contributed by atoms with Gasteiger partial charge in [-0.25, -0.2) is 0 Å². The SMILES string of the molecule is CCCCCC(C)(CO)N1CCCNCC1. The van der Waals surface area contributed by atoms with E-state index < -0.39 is 0 Å². The van der Waals surface area contributed by atoms with Crippen LogP contribution in [0.25, 0.3) is 0 Å². The maximum atomic E-state index is 9.67. The summed E-state index contributed by atoms with van der Waals surface area (Å²) in [6.45, 7) is 9.10. The first-order valence-electron chi connectivity index (χ1n) is 6.79. The molecule has 0 aromatic rings. The lowest BCUT2D eigenvalue weighted by atomic mass is 9.93. The Kier molecular flexibility index (Phi) is 6.32. The van der Waals surface area contributed by atoms with E-state index in [1.807, 2.05) is 0 Å². The van der Waals surface area contributed by atoms with Crippen LogP contribution in [-0.2, 0) is 0 Å². The van der Waals surface area contributed by atoms with Crippen LogP contribution in [0.1, 0.15) is 46.0 Å². The minimum atomic E-state index is 0.00118. The molecule has 0 spiro atoms. The second-order valence-corrected chi connectivity index (χ2v) is 5.20. The Bertz CT molecular complexity index is 179. The smallest absolute Gasteiger partial charge is 0.0612 e.